The first-order chi connectivity index (χ1) is 9.71. The second-order valence-corrected chi connectivity index (χ2v) is 9.56. The first-order valence-corrected chi connectivity index (χ1v) is 9.82. The summed E-state index contributed by atoms with van der Waals surface area (Å²) in [5.41, 5.74) is 0.732. The number of hydrogen-bond donors (Lipinski definition) is 1. The molecule has 1 fully saturated rings. The summed E-state index contributed by atoms with van der Waals surface area (Å²) in [6.07, 6.45) is 0.436. The van der Waals surface area contributed by atoms with Gasteiger partial charge in [-0.1, -0.05) is 12.1 Å². The van der Waals surface area contributed by atoms with Crippen molar-refractivity contribution in [1.82, 2.24) is 0 Å². The van der Waals surface area contributed by atoms with Gasteiger partial charge in [0.1, 0.15) is 0 Å². The molecule has 1 aliphatic rings. The number of aliphatic carboxylic acids is 1. The van der Waals surface area contributed by atoms with Gasteiger partial charge < -0.3 is 5.11 Å². The quantitative estimate of drug-likeness (QED) is 0.849. The Morgan fingerprint density at radius 2 is 1.86 bits per heavy atom. The Morgan fingerprint density at radius 1 is 1.24 bits per heavy atom. The summed E-state index contributed by atoms with van der Waals surface area (Å²) in [7, 11) is -6.91. The molecule has 0 amide bonds. The number of sulfone groups is 2. The molecule has 1 aromatic rings. The van der Waals surface area contributed by atoms with Gasteiger partial charge in [-0.3, -0.25) is 4.79 Å². The fourth-order valence-electron chi connectivity index (χ4n) is 2.30. The summed E-state index contributed by atoms with van der Waals surface area (Å²) in [5, 5.41) is 7.72. The van der Waals surface area contributed by atoms with E-state index in [4.69, 9.17) is 5.11 Å². The molecule has 0 bridgehead atoms. The predicted molar refractivity (Wildman–Crippen MR) is 76.6 cm³/mol. The molecule has 0 saturated carbocycles. The summed E-state index contributed by atoms with van der Waals surface area (Å²) < 4.78 is 47.5. The van der Waals surface area contributed by atoms with E-state index < -0.39 is 30.9 Å². The van der Waals surface area contributed by atoms with E-state index in [2.05, 4.69) is 0 Å². The van der Waals surface area contributed by atoms with E-state index in [1.807, 2.05) is 0 Å². The lowest BCUT2D eigenvalue weighted by molar-refractivity contribution is -0.136. The second-order valence-electron chi connectivity index (χ2n) is 5.11. The molecule has 0 aromatic heterocycles. The van der Waals surface area contributed by atoms with Crippen molar-refractivity contribution in [3.8, 4) is 0 Å². The Labute approximate surface area is 123 Å². The van der Waals surface area contributed by atoms with E-state index >= 15 is 0 Å². The molecule has 116 valence electrons. The van der Waals surface area contributed by atoms with Crippen LogP contribution in [-0.4, -0.2) is 44.7 Å². The highest BCUT2D eigenvalue weighted by Gasteiger charge is 2.37. The lowest BCUT2D eigenvalue weighted by Crippen LogP contribution is -2.22. The van der Waals surface area contributed by atoms with Crippen LogP contribution in [0, 0.1) is 0 Å². The molecule has 1 aliphatic heterocycles. The lowest BCUT2D eigenvalue weighted by Gasteiger charge is -2.10. The monoisotopic (exact) mass is 332 g/mol. The van der Waals surface area contributed by atoms with Crippen LogP contribution < -0.4 is 0 Å². The third kappa shape index (κ3) is 3.82. The van der Waals surface area contributed by atoms with Gasteiger partial charge in [-0.2, -0.15) is 0 Å². The average molecular weight is 332 g/mol. The Hall–Kier alpha value is -1.41. The summed E-state index contributed by atoms with van der Waals surface area (Å²) in [6.45, 7) is 0. The third-order valence-electron chi connectivity index (χ3n) is 3.51. The van der Waals surface area contributed by atoms with E-state index in [-0.39, 0.29) is 29.2 Å². The first kappa shape index (κ1) is 16.0. The number of rotatable bonds is 5. The van der Waals surface area contributed by atoms with Crippen LogP contribution in [0.1, 0.15) is 18.4 Å². The maximum atomic E-state index is 12.3. The van der Waals surface area contributed by atoms with E-state index in [1.165, 1.54) is 12.1 Å². The number of benzene rings is 1. The zero-order valence-electron chi connectivity index (χ0n) is 11.2. The summed E-state index contributed by atoms with van der Waals surface area (Å²) >= 11 is 0. The first-order valence-electron chi connectivity index (χ1n) is 6.46. The van der Waals surface area contributed by atoms with Crippen LogP contribution in [0.5, 0.6) is 0 Å². The molecule has 0 radical (unpaired) electrons. The molecular formula is C13H16O6S2. The van der Waals surface area contributed by atoms with E-state index in [0.717, 1.165) is 5.56 Å². The van der Waals surface area contributed by atoms with Crippen molar-refractivity contribution in [3.63, 3.8) is 0 Å². The summed E-state index contributed by atoms with van der Waals surface area (Å²) in [4.78, 5) is 10.6. The van der Waals surface area contributed by atoms with Crippen LogP contribution in [0.3, 0.4) is 0 Å². The molecule has 8 heteroatoms. The van der Waals surface area contributed by atoms with Gasteiger partial charge in [-0.05, 0) is 30.5 Å². The van der Waals surface area contributed by atoms with Crippen molar-refractivity contribution in [2.75, 3.05) is 11.5 Å². The maximum absolute atomic E-state index is 12.3. The Bertz CT molecular complexity index is 731. The fraction of sp³-hybridized carbons (Fsp3) is 0.462. The van der Waals surface area contributed by atoms with Gasteiger partial charge in [0.25, 0.3) is 0 Å². The van der Waals surface area contributed by atoms with E-state index in [1.54, 1.807) is 12.1 Å². The molecule has 1 aromatic carbocycles. The summed E-state index contributed by atoms with van der Waals surface area (Å²) in [6, 6.07) is 5.97. The number of carbonyl (C=O) groups is 1. The SMILES string of the molecule is O=C(O)CCc1ccc(S(=O)(=O)C2CCS(=O)(=O)C2)cc1. The maximum Gasteiger partial charge on any atom is 0.303 e. The zero-order valence-corrected chi connectivity index (χ0v) is 12.9. The largest absolute Gasteiger partial charge is 0.481 e. The fourth-order valence-corrected chi connectivity index (χ4v) is 6.65. The van der Waals surface area contributed by atoms with Crippen LogP contribution in [0.25, 0.3) is 0 Å². The Morgan fingerprint density at radius 3 is 2.33 bits per heavy atom. The van der Waals surface area contributed by atoms with Crippen molar-refractivity contribution in [3.05, 3.63) is 29.8 Å². The third-order valence-corrected chi connectivity index (χ3v) is 7.70. The minimum absolute atomic E-state index is 0.0209. The van der Waals surface area contributed by atoms with Gasteiger partial charge >= 0.3 is 5.97 Å². The van der Waals surface area contributed by atoms with Gasteiger partial charge in [-0.25, -0.2) is 16.8 Å². The molecule has 0 aliphatic carbocycles. The molecule has 1 heterocycles. The van der Waals surface area contributed by atoms with Gasteiger partial charge in [-0.15, -0.1) is 0 Å². The van der Waals surface area contributed by atoms with Gasteiger partial charge in [0.15, 0.2) is 19.7 Å². The van der Waals surface area contributed by atoms with Crippen molar-refractivity contribution in [2.24, 2.45) is 0 Å². The van der Waals surface area contributed by atoms with Crippen LogP contribution in [0.2, 0.25) is 0 Å². The molecule has 2 rings (SSSR count). The molecule has 1 saturated heterocycles. The van der Waals surface area contributed by atoms with Crippen LogP contribution in [-0.2, 0) is 30.9 Å². The molecule has 1 unspecified atom stereocenters. The standard InChI is InChI=1S/C13H16O6S2/c14-13(15)6-3-10-1-4-11(5-2-10)21(18,19)12-7-8-20(16,17)9-12/h1-2,4-5,12H,3,6-9H2,(H,14,15). The Kier molecular flexibility index (Phi) is 4.38. The number of carboxylic acids is 1. The van der Waals surface area contributed by atoms with Crippen molar-refractivity contribution >= 4 is 25.6 Å². The zero-order chi connectivity index (χ0) is 15.7. The highest BCUT2D eigenvalue weighted by atomic mass is 32.2. The van der Waals surface area contributed by atoms with Crippen molar-refractivity contribution < 1.29 is 26.7 Å². The van der Waals surface area contributed by atoms with E-state index in [9.17, 15) is 21.6 Å². The smallest absolute Gasteiger partial charge is 0.303 e. The Balaban J connectivity index is 2.16. The van der Waals surface area contributed by atoms with Crippen molar-refractivity contribution in [2.45, 2.75) is 29.4 Å². The normalized spacial score (nSPS) is 21.2. The minimum atomic E-state index is -3.65. The number of aryl methyl sites for hydroxylation is 1. The molecule has 0 spiro atoms. The van der Waals surface area contributed by atoms with Gasteiger partial charge in [0.05, 0.1) is 21.7 Å². The van der Waals surface area contributed by atoms with Crippen molar-refractivity contribution in [1.29, 1.82) is 0 Å². The molecule has 21 heavy (non-hydrogen) atoms. The average Bonchev–Trinajstić information content (AvgIpc) is 2.78. The van der Waals surface area contributed by atoms with Gasteiger partial charge in [0, 0.05) is 6.42 Å². The summed E-state index contributed by atoms with van der Waals surface area (Å²) in [5.74, 6) is -1.33. The van der Waals surface area contributed by atoms with Crippen LogP contribution >= 0.6 is 0 Å². The molecule has 1 atom stereocenters. The van der Waals surface area contributed by atoms with Gasteiger partial charge in [0.2, 0.25) is 0 Å². The van der Waals surface area contributed by atoms with E-state index in [0.29, 0.717) is 6.42 Å². The lowest BCUT2D eigenvalue weighted by atomic mass is 10.1. The predicted octanol–water partition coefficient (Wildman–Crippen LogP) is 0.665. The molecular weight excluding hydrogens is 316 g/mol. The molecule has 6 nitrogen and oxygen atoms in total. The number of carboxylic acid groups (broad SMARTS) is 1. The molecule has 1 N–H and O–H groups in total. The van der Waals surface area contributed by atoms with Crippen LogP contribution in [0.15, 0.2) is 29.2 Å². The second kappa shape index (κ2) is 5.76. The van der Waals surface area contributed by atoms with Crippen LogP contribution in [0.4, 0.5) is 0 Å². The topological polar surface area (TPSA) is 106 Å². The number of hydrogen-bond acceptors (Lipinski definition) is 5. The minimum Gasteiger partial charge on any atom is -0.481 e. The highest BCUT2D eigenvalue weighted by molar-refractivity contribution is 7.96. The highest BCUT2D eigenvalue weighted by Crippen LogP contribution is 2.25.